The number of carbonyl (C=O) groups is 2. The van der Waals surface area contributed by atoms with Crippen LogP contribution >= 0.6 is 0 Å². The molecule has 0 saturated heterocycles. The quantitative estimate of drug-likeness (QED) is 0.764. The van der Waals surface area contributed by atoms with E-state index in [2.05, 4.69) is 20.7 Å². The molecule has 142 valence electrons. The lowest BCUT2D eigenvalue weighted by Gasteiger charge is -2.24. The summed E-state index contributed by atoms with van der Waals surface area (Å²) in [5.41, 5.74) is 3.28. The van der Waals surface area contributed by atoms with E-state index >= 15 is 0 Å². The van der Waals surface area contributed by atoms with E-state index in [4.69, 9.17) is 0 Å². The van der Waals surface area contributed by atoms with Gasteiger partial charge in [-0.1, -0.05) is 11.6 Å². The molecule has 27 heavy (non-hydrogen) atoms. The zero-order valence-corrected chi connectivity index (χ0v) is 15.7. The van der Waals surface area contributed by atoms with E-state index in [1.165, 1.54) is 0 Å². The van der Waals surface area contributed by atoms with Crippen molar-refractivity contribution in [3.63, 3.8) is 0 Å². The topological polar surface area (TPSA) is 88.9 Å². The number of pyridine rings is 1. The van der Waals surface area contributed by atoms with Crippen LogP contribution in [0.15, 0.2) is 42.4 Å². The molecule has 2 amide bonds. The minimum atomic E-state index is -0.123. The lowest BCUT2D eigenvalue weighted by Crippen LogP contribution is -2.34. The predicted octanol–water partition coefficient (Wildman–Crippen LogP) is 1.97. The van der Waals surface area contributed by atoms with Crippen LogP contribution in [0.2, 0.25) is 0 Å². The van der Waals surface area contributed by atoms with Gasteiger partial charge in [-0.25, -0.2) is 0 Å². The van der Waals surface area contributed by atoms with Gasteiger partial charge in [0, 0.05) is 32.0 Å². The maximum Gasteiger partial charge on any atom is 0.255 e. The zero-order valence-electron chi connectivity index (χ0n) is 15.7. The normalized spacial score (nSPS) is 15.6. The Morgan fingerprint density at radius 3 is 2.85 bits per heavy atom. The molecule has 0 aromatic carbocycles. The number of amides is 2. The summed E-state index contributed by atoms with van der Waals surface area (Å²) in [6, 6.07) is 3.49. The van der Waals surface area contributed by atoms with Gasteiger partial charge in [0.25, 0.3) is 11.8 Å². The molecule has 1 atom stereocenters. The average Bonchev–Trinajstić information content (AvgIpc) is 3.09. The third-order valence-corrected chi connectivity index (χ3v) is 4.67. The van der Waals surface area contributed by atoms with Crippen molar-refractivity contribution >= 4 is 11.8 Å². The SMILES string of the molecule is CC(C)=CCNC(=O)c1cnn2c1C[C@H](CNC(=O)c1cccnc1)CC2. The van der Waals surface area contributed by atoms with Gasteiger partial charge in [0.05, 0.1) is 23.0 Å². The molecule has 3 rings (SSSR count). The number of rotatable bonds is 6. The second-order valence-corrected chi connectivity index (χ2v) is 7.03. The predicted molar refractivity (Wildman–Crippen MR) is 102 cm³/mol. The largest absolute Gasteiger partial charge is 0.352 e. The maximum absolute atomic E-state index is 12.4. The summed E-state index contributed by atoms with van der Waals surface area (Å²) in [6.07, 6.45) is 8.46. The molecule has 0 aliphatic carbocycles. The Morgan fingerprint density at radius 1 is 1.26 bits per heavy atom. The van der Waals surface area contributed by atoms with Crippen LogP contribution in [0.25, 0.3) is 0 Å². The zero-order chi connectivity index (χ0) is 19.2. The third kappa shape index (κ3) is 4.81. The number of allylic oxidation sites excluding steroid dienone is 1. The first-order valence-corrected chi connectivity index (χ1v) is 9.19. The fourth-order valence-corrected chi connectivity index (χ4v) is 3.14. The van der Waals surface area contributed by atoms with Crippen LogP contribution in [-0.2, 0) is 13.0 Å². The highest BCUT2D eigenvalue weighted by Crippen LogP contribution is 2.22. The summed E-state index contributed by atoms with van der Waals surface area (Å²) in [4.78, 5) is 28.6. The van der Waals surface area contributed by atoms with Gasteiger partial charge in [0.15, 0.2) is 0 Å². The van der Waals surface area contributed by atoms with Crippen molar-refractivity contribution in [2.45, 2.75) is 33.2 Å². The van der Waals surface area contributed by atoms with E-state index in [1.54, 1.807) is 30.7 Å². The molecule has 1 aliphatic heterocycles. The minimum absolute atomic E-state index is 0.103. The first-order valence-electron chi connectivity index (χ1n) is 9.19. The average molecular weight is 367 g/mol. The second kappa shape index (κ2) is 8.62. The van der Waals surface area contributed by atoms with Crippen molar-refractivity contribution < 1.29 is 9.59 Å². The molecule has 2 N–H and O–H groups in total. The molecule has 7 nitrogen and oxygen atoms in total. The molecule has 2 aromatic rings. The molecule has 0 spiro atoms. The van der Waals surface area contributed by atoms with Crippen LogP contribution in [0, 0.1) is 5.92 Å². The maximum atomic E-state index is 12.4. The smallest absolute Gasteiger partial charge is 0.255 e. The summed E-state index contributed by atoms with van der Waals surface area (Å²) in [5, 5.41) is 10.2. The van der Waals surface area contributed by atoms with Crippen molar-refractivity contribution in [2.24, 2.45) is 5.92 Å². The van der Waals surface area contributed by atoms with Crippen molar-refractivity contribution in [1.82, 2.24) is 25.4 Å². The molecule has 3 heterocycles. The van der Waals surface area contributed by atoms with Gasteiger partial charge in [-0.2, -0.15) is 5.10 Å². The number of nitrogens with zero attached hydrogens (tertiary/aromatic N) is 3. The van der Waals surface area contributed by atoms with Crippen LogP contribution in [0.5, 0.6) is 0 Å². The highest BCUT2D eigenvalue weighted by molar-refractivity contribution is 5.95. The van der Waals surface area contributed by atoms with Crippen LogP contribution in [0.4, 0.5) is 0 Å². The first kappa shape index (κ1) is 18.8. The van der Waals surface area contributed by atoms with Crippen LogP contribution in [-0.4, -0.2) is 39.7 Å². The molecule has 0 bridgehead atoms. The van der Waals surface area contributed by atoms with E-state index < -0.39 is 0 Å². The van der Waals surface area contributed by atoms with Crippen LogP contribution in [0.3, 0.4) is 0 Å². The highest BCUT2D eigenvalue weighted by Gasteiger charge is 2.25. The minimum Gasteiger partial charge on any atom is -0.352 e. The standard InChI is InChI=1S/C20H25N5O2/c1-14(2)5-8-22-20(27)17-13-24-25-9-6-15(10-18(17)25)11-23-19(26)16-4-3-7-21-12-16/h3-5,7,12-13,15H,6,8-11H2,1-2H3,(H,22,27)(H,23,26)/t15-/m1/s1. The number of aryl methyl sites for hydroxylation is 1. The van der Waals surface area contributed by atoms with Crippen molar-refractivity contribution in [3.8, 4) is 0 Å². The Labute approximate surface area is 158 Å². The van der Waals surface area contributed by atoms with Gasteiger partial charge in [-0.3, -0.25) is 19.3 Å². The van der Waals surface area contributed by atoms with E-state index in [0.717, 1.165) is 30.7 Å². The fraction of sp³-hybridized carbons (Fsp3) is 0.400. The Kier molecular flexibility index (Phi) is 6.01. The summed E-state index contributed by atoms with van der Waals surface area (Å²) in [7, 11) is 0. The number of hydrogen-bond acceptors (Lipinski definition) is 4. The monoisotopic (exact) mass is 367 g/mol. The number of aromatic nitrogens is 3. The molecule has 2 aromatic heterocycles. The molecule has 7 heteroatoms. The van der Waals surface area contributed by atoms with Gasteiger partial charge in [-0.15, -0.1) is 0 Å². The Hall–Kier alpha value is -2.96. The van der Waals surface area contributed by atoms with E-state index in [1.807, 2.05) is 24.6 Å². The molecular weight excluding hydrogens is 342 g/mol. The van der Waals surface area contributed by atoms with Crippen molar-refractivity contribution in [2.75, 3.05) is 13.1 Å². The number of fused-ring (bicyclic) bond motifs is 1. The number of carbonyl (C=O) groups excluding carboxylic acids is 2. The number of hydrogen-bond donors (Lipinski definition) is 2. The molecule has 0 saturated carbocycles. The molecule has 0 unspecified atom stereocenters. The Morgan fingerprint density at radius 2 is 2.11 bits per heavy atom. The first-order chi connectivity index (χ1) is 13.0. The van der Waals surface area contributed by atoms with Gasteiger partial charge >= 0.3 is 0 Å². The van der Waals surface area contributed by atoms with Crippen LogP contribution < -0.4 is 10.6 Å². The highest BCUT2D eigenvalue weighted by atomic mass is 16.2. The van der Waals surface area contributed by atoms with Gasteiger partial charge < -0.3 is 10.6 Å². The molecule has 1 aliphatic rings. The van der Waals surface area contributed by atoms with Crippen molar-refractivity contribution in [3.05, 3.63) is 59.2 Å². The van der Waals surface area contributed by atoms with Gasteiger partial charge in [-0.05, 0) is 44.7 Å². The van der Waals surface area contributed by atoms with E-state index in [0.29, 0.717) is 24.2 Å². The lowest BCUT2D eigenvalue weighted by atomic mass is 9.94. The lowest BCUT2D eigenvalue weighted by molar-refractivity contribution is 0.0936. The fourth-order valence-electron chi connectivity index (χ4n) is 3.14. The Bertz CT molecular complexity index is 837. The summed E-state index contributed by atoms with van der Waals surface area (Å²) in [5.74, 6) is 0.0508. The van der Waals surface area contributed by atoms with Crippen LogP contribution in [0.1, 0.15) is 46.7 Å². The molecule has 0 radical (unpaired) electrons. The summed E-state index contributed by atoms with van der Waals surface area (Å²) in [6.45, 7) is 5.83. The van der Waals surface area contributed by atoms with Gasteiger partial charge in [0.2, 0.25) is 0 Å². The third-order valence-electron chi connectivity index (χ3n) is 4.67. The molecular formula is C20H25N5O2. The van der Waals surface area contributed by atoms with Crippen molar-refractivity contribution in [1.29, 1.82) is 0 Å². The summed E-state index contributed by atoms with van der Waals surface area (Å²) < 4.78 is 1.90. The summed E-state index contributed by atoms with van der Waals surface area (Å²) >= 11 is 0. The second-order valence-electron chi connectivity index (χ2n) is 7.03. The van der Waals surface area contributed by atoms with E-state index in [-0.39, 0.29) is 17.7 Å². The Balaban J connectivity index is 1.59. The van der Waals surface area contributed by atoms with E-state index in [9.17, 15) is 9.59 Å². The van der Waals surface area contributed by atoms with Gasteiger partial charge in [0.1, 0.15) is 0 Å². The number of nitrogens with one attached hydrogen (secondary N) is 2. The molecule has 0 fully saturated rings.